The number of likely N-dealkylation sites (tertiary alicyclic amines) is 1. The zero-order chi connectivity index (χ0) is 12.1. The average molecular weight is 234 g/mol. The average Bonchev–Trinajstić information content (AvgIpc) is 2.80. The van der Waals surface area contributed by atoms with E-state index >= 15 is 0 Å². The normalized spacial score (nSPS) is 20.7. The molecule has 0 radical (unpaired) electrons. The maximum atomic E-state index is 5.44. The van der Waals surface area contributed by atoms with Gasteiger partial charge >= 0.3 is 0 Å². The number of hydrogen-bond acceptors (Lipinski definition) is 3. The summed E-state index contributed by atoms with van der Waals surface area (Å²) in [6.45, 7) is 6.14. The zero-order valence-electron chi connectivity index (χ0n) is 10.8. The van der Waals surface area contributed by atoms with Crippen LogP contribution in [0, 0.1) is 0 Å². The summed E-state index contributed by atoms with van der Waals surface area (Å²) in [5.41, 5.74) is 1.37. The Bertz CT molecular complexity index is 337. The molecule has 1 aromatic carbocycles. The van der Waals surface area contributed by atoms with Crippen LogP contribution in [0.2, 0.25) is 0 Å². The molecule has 0 aromatic heterocycles. The molecule has 17 heavy (non-hydrogen) atoms. The number of benzene rings is 1. The SMILES string of the molecule is CCOc1ccc(CN2CCC(NC)C2)cc1. The molecule has 3 nitrogen and oxygen atoms in total. The highest BCUT2D eigenvalue weighted by Gasteiger charge is 2.20. The second-order valence-electron chi connectivity index (χ2n) is 4.59. The predicted molar refractivity (Wildman–Crippen MR) is 70.4 cm³/mol. The molecule has 1 aliphatic heterocycles. The van der Waals surface area contributed by atoms with Gasteiger partial charge in [-0.25, -0.2) is 0 Å². The van der Waals surface area contributed by atoms with Crippen molar-refractivity contribution in [2.75, 3.05) is 26.7 Å². The molecule has 0 aliphatic carbocycles. The van der Waals surface area contributed by atoms with Crippen LogP contribution in [0.4, 0.5) is 0 Å². The maximum Gasteiger partial charge on any atom is 0.119 e. The number of nitrogens with one attached hydrogen (secondary N) is 1. The third kappa shape index (κ3) is 3.45. The molecule has 0 amide bonds. The molecular formula is C14H22N2O. The van der Waals surface area contributed by atoms with Crippen LogP contribution in [0.1, 0.15) is 18.9 Å². The topological polar surface area (TPSA) is 24.5 Å². The minimum absolute atomic E-state index is 0.665. The number of ether oxygens (including phenoxy) is 1. The number of hydrogen-bond donors (Lipinski definition) is 1. The van der Waals surface area contributed by atoms with E-state index in [-0.39, 0.29) is 0 Å². The first-order chi connectivity index (χ1) is 8.31. The van der Waals surface area contributed by atoms with E-state index in [4.69, 9.17) is 4.74 Å². The molecule has 1 heterocycles. The van der Waals surface area contributed by atoms with E-state index in [1.807, 2.05) is 14.0 Å². The molecule has 1 saturated heterocycles. The first-order valence-electron chi connectivity index (χ1n) is 6.43. The van der Waals surface area contributed by atoms with Crippen molar-refractivity contribution in [1.29, 1.82) is 0 Å². The lowest BCUT2D eigenvalue weighted by molar-refractivity contribution is 0.321. The van der Waals surface area contributed by atoms with Crippen LogP contribution in [0.15, 0.2) is 24.3 Å². The quantitative estimate of drug-likeness (QED) is 0.842. The second-order valence-corrected chi connectivity index (χ2v) is 4.59. The Balaban J connectivity index is 1.86. The second kappa shape index (κ2) is 6.03. The molecule has 0 spiro atoms. The highest BCUT2D eigenvalue weighted by Crippen LogP contribution is 2.16. The fourth-order valence-corrected chi connectivity index (χ4v) is 2.33. The van der Waals surface area contributed by atoms with Crippen LogP contribution >= 0.6 is 0 Å². The molecule has 0 saturated carbocycles. The van der Waals surface area contributed by atoms with Gasteiger partial charge in [0.05, 0.1) is 6.61 Å². The monoisotopic (exact) mass is 234 g/mol. The molecular weight excluding hydrogens is 212 g/mol. The van der Waals surface area contributed by atoms with Crippen LogP contribution in [0.3, 0.4) is 0 Å². The smallest absolute Gasteiger partial charge is 0.119 e. The van der Waals surface area contributed by atoms with Crippen molar-refractivity contribution in [2.24, 2.45) is 0 Å². The highest BCUT2D eigenvalue weighted by molar-refractivity contribution is 5.27. The largest absolute Gasteiger partial charge is 0.494 e. The standard InChI is InChI=1S/C14H22N2O/c1-3-17-14-6-4-12(5-7-14)10-16-9-8-13(11-16)15-2/h4-7,13,15H,3,8-11H2,1-2H3. The third-order valence-corrected chi connectivity index (χ3v) is 3.32. The van der Waals surface area contributed by atoms with Crippen molar-refractivity contribution in [3.63, 3.8) is 0 Å². The minimum atomic E-state index is 0.665. The van der Waals surface area contributed by atoms with Gasteiger partial charge < -0.3 is 10.1 Å². The highest BCUT2D eigenvalue weighted by atomic mass is 16.5. The summed E-state index contributed by atoms with van der Waals surface area (Å²) in [5, 5.41) is 3.34. The summed E-state index contributed by atoms with van der Waals surface area (Å²) < 4.78 is 5.44. The van der Waals surface area contributed by atoms with E-state index in [2.05, 4.69) is 34.5 Å². The molecule has 1 N–H and O–H groups in total. The molecule has 1 unspecified atom stereocenters. The van der Waals surface area contributed by atoms with Crippen molar-refractivity contribution in [3.05, 3.63) is 29.8 Å². The van der Waals surface area contributed by atoms with Gasteiger partial charge in [0, 0.05) is 25.7 Å². The van der Waals surface area contributed by atoms with Crippen LogP contribution < -0.4 is 10.1 Å². The maximum absolute atomic E-state index is 5.44. The Labute approximate surface area is 104 Å². The summed E-state index contributed by atoms with van der Waals surface area (Å²) in [6, 6.07) is 9.11. The van der Waals surface area contributed by atoms with Crippen LogP contribution in [0.5, 0.6) is 5.75 Å². The number of nitrogens with zero attached hydrogens (tertiary/aromatic N) is 1. The molecule has 1 atom stereocenters. The van der Waals surface area contributed by atoms with Crippen LogP contribution in [0.25, 0.3) is 0 Å². The first kappa shape index (κ1) is 12.4. The van der Waals surface area contributed by atoms with E-state index in [0.717, 1.165) is 25.4 Å². The molecule has 94 valence electrons. The summed E-state index contributed by atoms with van der Waals surface area (Å²) in [7, 11) is 2.05. The van der Waals surface area contributed by atoms with Crippen molar-refractivity contribution < 1.29 is 4.74 Å². The van der Waals surface area contributed by atoms with Gasteiger partial charge in [-0.1, -0.05) is 12.1 Å². The van der Waals surface area contributed by atoms with Gasteiger partial charge in [-0.2, -0.15) is 0 Å². The van der Waals surface area contributed by atoms with E-state index in [1.54, 1.807) is 0 Å². The number of likely N-dealkylation sites (N-methyl/N-ethyl adjacent to an activating group) is 1. The van der Waals surface area contributed by atoms with Crippen LogP contribution in [-0.4, -0.2) is 37.7 Å². The lowest BCUT2D eigenvalue weighted by Gasteiger charge is -2.16. The Morgan fingerprint density at radius 2 is 2.12 bits per heavy atom. The van der Waals surface area contributed by atoms with Gasteiger partial charge in [-0.15, -0.1) is 0 Å². The summed E-state index contributed by atoms with van der Waals surface area (Å²) in [5.74, 6) is 0.964. The molecule has 0 bridgehead atoms. The lowest BCUT2D eigenvalue weighted by Crippen LogP contribution is -2.29. The Kier molecular flexibility index (Phi) is 4.40. The Hall–Kier alpha value is -1.06. The Morgan fingerprint density at radius 3 is 2.71 bits per heavy atom. The van der Waals surface area contributed by atoms with E-state index < -0.39 is 0 Å². The van der Waals surface area contributed by atoms with E-state index in [0.29, 0.717) is 6.04 Å². The molecule has 1 fully saturated rings. The fraction of sp³-hybridized carbons (Fsp3) is 0.571. The minimum Gasteiger partial charge on any atom is -0.494 e. The lowest BCUT2D eigenvalue weighted by atomic mass is 10.2. The van der Waals surface area contributed by atoms with Crippen LogP contribution in [-0.2, 0) is 6.54 Å². The molecule has 1 aliphatic rings. The van der Waals surface area contributed by atoms with Crippen molar-refractivity contribution in [1.82, 2.24) is 10.2 Å². The van der Waals surface area contributed by atoms with Gasteiger partial charge in [0.15, 0.2) is 0 Å². The van der Waals surface area contributed by atoms with E-state index in [9.17, 15) is 0 Å². The first-order valence-corrected chi connectivity index (χ1v) is 6.43. The number of rotatable bonds is 5. The fourth-order valence-electron chi connectivity index (χ4n) is 2.33. The summed E-state index contributed by atoms with van der Waals surface area (Å²) in [6.07, 6.45) is 1.26. The molecule has 1 aromatic rings. The van der Waals surface area contributed by atoms with Crippen molar-refractivity contribution in [3.8, 4) is 5.75 Å². The van der Waals surface area contributed by atoms with Gasteiger partial charge in [0.1, 0.15) is 5.75 Å². The zero-order valence-corrected chi connectivity index (χ0v) is 10.8. The van der Waals surface area contributed by atoms with Gasteiger partial charge in [-0.05, 0) is 38.1 Å². The predicted octanol–water partition coefficient (Wildman–Crippen LogP) is 1.88. The van der Waals surface area contributed by atoms with Gasteiger partial charge in [0.25, 0.3) is 0 Å². The third-order valence-electron chi connectivity index (χ3n) is 3.32. The molecule has 2 rings (SSSR count). The Morgan fingerprint density at radius 1 is 1.35 bits per heavy atom. The summed E-state index contributed by atoms with van der Waals surface area (Å²) in [4.78, 5) is 2.50. The van der Waals surface area contributed by atoms with Crippen molar-refractivity contribution in [2.45, 2.75) is 25.9 Å². The van der Waals surface area contributed by atoms with Gasteiger partial charge in [0.2, 0.25) is 0 Å². The molecule has 3 heteroatoms. The van der Waals surface area contributed by atoms with Gasteiger partial charge in [-0.3, -0.25) is 4.90 Å². The van der Waals surface area contributed by atoms with E-state index in [1.165, 1.54) is 18.5 Å². The van der Waals surface area contributed by atoms with Crippen molar-refractivity contribution >= 4 is 0 Å². The summed E-state index contributed by atoms with van der Waals surface area (Å²) >= 11 is 0.